The third kappa shape index (κ3) is 8.03. The number of halogens is 4. The largest absolute Gasteiger partial charge is 0.416 e. The van der Waals surface area contributed by atoms with Gasteiger partial charge in [0.25, 0.3) is 5.69 Å². The lowest BCUT2D eigenvalue weighted by Gasteiger charge is -2.19. The van der Waals surface area contributed by atoms with Gasteiger partial charge >= 0.3 is 6.18 Å². The van der Waals surface area contributed by atoms with Crippen molar-refractivity contribution in [3.63, 3.8) is 0 Å². The minimum atomic E-state index is -4.67. The minimum Gasteiger partial charge on any atom is -0.379 e. The maximum atomic E-state index is 12.6. The van der Waals surface area contributed by atoms with Gasteiger partial charge in [-0.1, -0.05) is 0 Å². The lowest BCUT2D eigenvalue weighted by Crippen LogP contribution is -2.45. The van der Waals surface area contributed by atoms with Crippen LogP contribution >= 0.6 is 12.4 Å². The molecule has 0 bridgehead atoms. The third-order valence-corrected chi connectivity index (χ3v) is 2.93. The van der Waals surface area contributed by atoms with Gasteiger partial charge in [-0.25, -0.2) is 0 Å². The molecule has 1 amide bonds. The Morgan fingerprint density at radius 3 is 2.40 bits per heavy atom. The number of benzene rings is 1. The second-order valence-corrected chi connectivity index (χ2v) is 5.93. The fraction of sp³-hybridized carbons (Fsp3) is 0.500. The molecule has 0 saturated carbocycles. The number of anilines is 1. The first kappa shape index (κ1) is 22.9. The molecule has 4 N–H and O–H groups in total. The molecule has 1 aromatic carbocycles. The Labute approximate surface area is 148 Å². The highest BCUT2D eigenvalue weighted by molar-refractivity contribution is 5.85. The summed E-state index contributed by atoms with van der Waals surface area (Å²) in [4.78, 5) is 21.6. The zero-order chi connectivity index (χ0) is 18.5. The smallest absolute Gasteiger partial charge is 0.379 e. The Kier molecular flexibility index (Phi) is 8.13. The van der Waals surface area contributed by atoms with E-state index in [0.717, 1.165) is 12.1 Å². The van der Waals surface area contributed by atoms with Crippen LogP contribution in [-0.4, -0.2) is 29.5 Å². The second-order valence-electron chi connectivity index (χ2n) is 5.93. The third-order valence-electron chi connectivity index (χ3n) is 2.93. The molecule has 0 aromatic heterocycles. The predicted molar refractivity (Wildman–Crippen MR) is 89.7 cm³/mol. The molecular formula is C14H20ClF3N4O3. The number of alkyl halides is 3. The fourth-order valence-electron chi connectivity index (χ4n) is 1.73. The molecular weight excluding hydrogens is 365 g/mol. The van der Waals surface area contributed by atoms with Gasteiger partial charge in [-0.3, -0.25) is 14.9 Å². The number of nitrogens with one attached hydrogen (secondary N) is 2. The van der Waals surface area contributed by atoms with E-state index in [1.165, 1.54) is 0 Å². The normalized spacial score (nSPS) is 11.4. The molecule has 0 fully saturated rings. The van der Waals surface area contributed by atoms with Gasteiger partial charge in [-0.05, 0) is 26.0 Å². The maximum Gasteiger partial charge on any atom is 0.416 e. The van der Waals surface area contributed by atoms with Crippen molar-refractivity contribution in [3.05, 3.63) is 33.9 Å². The number of rotatable bonds is 7. The van der Waals surface area contributed by atoms with Crippen molar-refractivity contribution >= 4 is 29.7 Å². The Morgan fingerprint density at radius 1 is 1.32 bits per heavy atom. The quantitative estimate of drug-likeness (QED) is 0.494. The first-order valence-corrected chi connectivity index (χ1v) is 7.05. The number of carbonyl (C=O) groups is 1. The Bertz CT molecular complexity index is 618. The fourth-order valence-corrected chi connectivity index (χ4v) is 1.73. The van der Waals surface area contributed by atoms with Crippen LogP contribution in [0.4, 0.5) is 24.5 Å². The summed E-state index contributed by atoms with van der Waals surface area (Å²) < 4.78 is 37.8. The van der Waals surface area contributed by atoms with Crippen LogP contribution in [0.15, 0.2) is 18.2 Å². The molecule has 0 saturated heterocycles. The van der Waals surface area contributed by atoms with E-state index < -0.39 is 27.9 Å². The molecule has 11 heteroatoms. The average Bonchev–Trinajstić information content (AvgIpc) is 2.43. The van der Waals surface area contributed by atoms with E-state index in [4.69, 9.17) is 5.73 Å². The predicted octanol–water partition coefficient (Wildman–Crippen LogP) is 2.69. The van der Waals surface area contributed by atoms with Crippen LogP contribution in [0.5, 0.6) is 0 Å². The first-order valence-electron chi connectivity index (χ1n) is 7.05. The van der Waals surface area contributed by atoms with Gasteiger partial charge in [0.2, 0.25) is 5.91 Å². The van der Waals surface area contributed by atoms with E-state index in [1.54, 1.807) is 13.8 Å². The summed E-state index contributed by atoms with van der Waals surface area (Å²) in [5, 5.41) is 16.1. The molecule has 0 atom stereocenters. The highest BCUT2D eigenvalue weighted by atomic mass is 35.5. The molecule has 7 nitrogen and oxygen atoms in total. The molecule has 142 valence electrons. The van der Waals surface area contributed by atoms with Crippen molar-refractivity contribution in [2.75, 3.05) is 18.4 Å². The number of hydrogen-bond acceptors (Lipinski definition) is 5. The number of nitrogens with two attached hydrogens (primary N) is 1. The van der Waals surface area contributed by atoms with Gasteiger partial charge < -0.3 is 16.4 Å². The molecule has 0 aliphatic rings. The molecule has 1 aromatic rings. The topological polar surface area (TPSA) is 110 Å². The molecule has 0 heterocycles. The Balaban J connectivity index is 0.00000576. The number of hydrogen-bond donors (Lipinski definition) is 3. The van der Waals surface area contributed by atoms with Crippen LogP contribution in [0.25, 0.3) is 0 Å². The average molecular weight is 385 g/mol. The van der Waals surface area contributed by atoms with Gasteiger partial charge in [0, 0.05) is 31.1 Å². The Hall–Kier alpha value is -2.07. The van der Waals surface area contributed by atoms with E-state index in [-0.39, 0.29) is 43.5 Å². The van der Waals surface area contributed by atoms with Crippen molar-refractivity contribution < 1.29 is 22.9 Å². The number of nitro groups is 1. The van der Waals surface area contributed by atoms with E-state index in [9.17, 15) is 28.1 Å². The summed E-state index contributed by atoms with van der Waals surface area (Å²) in [5.41, 5.74) is 3.24. The van der Waals surface area contributed by atoms with E-state index in [0.29, 0.717) is 6.07 Å². The Morgan fingerprint density at radius 2 is 1.92 bits per heavy atom. The number of nitrogens with zero attached hydrogens (tertiary/aromatic N) is 1. The zero-order valence-electron chi connectivity index (χ0n) is 13.6. The summed E-state index contributed by atoms with van der Waals surface area (Å²) in [6, 6.07) is 2.17. The van der Waals surface area contributed by atoms with Crippen LogP contribution < -0.4 is 16.4 Å². The molecule has 0 radical (unpaired) electrons. The minimum absolute atomic E-state index is 0. The van der Waals surface area contributed by atoms with E-state index in [2.05, 4.69) is 10.6 Å². The van der Waals surface area contributed by atoms with E-state index >= 15 is 0 Å². The van der Waals surface area contributed by atoms with Crippen molar-refractivity contribution in [3.8, 4) is 0 Å². The lowest BCUT2D eigenvalue weighted by molar-refractivity contribution is -0.384. The van der Waals surface area contributed by atoms with Crippen molar-refractivity contribution in [2.24, 2.45) is 5.73 Å². The number of carbonyl (C=O) groups excluding carboxylic acids is 1. The SMILES string of the molecule is CC(C)(N)CNC(=O)CCNc1ccc(C(F)(F)F)cc1[N+](=O)[O-].Cl. The van der Waals surface area contributed by atoms with Gasteiger partial charge in [-0.2, -0.15) is 13.2 Å². The van der Waals surface area contributed by atoms with Gasteiger partial charge in [0.1, 0.15) is 5.69 Å². The summed E-state index contributed by atoms with van der Waals surface area (Å²) in [7, 11) is 0. The van der Waals surface area contributed by atoms with Crippen LogP contribution in [0.1, 0.15) is 25.8 Å². The summed E-state index contributed by atoms with van der Waals surface area (Å²) in [6.07, 6.45) is -4.67. The van der Waals surface area contributed by atoms with Crippen molar-refractivity contribution in [2.45, 2.75) is 32.0 Å². The van der Waals surface area contributed by atoms with Crippen LogP contribution in [-0.2, 0) is 11.0 Å². The number of amides is 1. The molecule has 1 rings (SSSR count). The van der Waals surface area contributed by atoms with Crippen molar-refractivity contribution in [1.29, 1.82) is 0 Å². The van der Waals surface area contributed by atoms with Crippen LogP contribution in [0.3, 0.4) is 0 Å². The highest BCUT2D eigenvalue weighted by Gasteiger charge is 2.33. The molecule has 0 aliphatic heterocycles. The van der Waals surface area contributed by atoms with Gasteiger partial charge in [-0.15, -0.1) is 12.4 Å². The first-order chi connectivity index (χ1) is 10.9. The van der Waals surface area contributed by atoms with Gasteiger partial charge in [0.15, 0.2) is 0 Å². The molecule has 0 spiro atoms. The highest BCUT2D eigenvalue weighted by Crippen LogP contribution is 2.34. The lowest BCUT2D eigenvalue weighted by atomic mass is 10.1. The molecule has 0 aliphatic carbocycles. The van der Waals surface area contributed by atoms with Crippen LogP contribution in [0, 0.1) is 10.1 Å². The van der Waals surface area contributed by atoms with Crippen molar-refractivity contribution in [1.82, 2.24) is 5.32 Å². The molecule has 0 unspecified atom stereocenters. The molecule has 25 heavy (non-hydrogen) atoms. The maximum absolute atomic E-state index is 12.6. The monoisotopic (exact) mass is 384 g/mol. The van der Waals surface area contributed by atoms with E-state index in [1.807, 2.05) is 0 Å². The summed E-state index contributed by atoms with van der Waals surface area (Å²) in [5.74, 6) is -0.324. The van der Waals surface area contributed by atoms with Gasteiger partial charge in [0.05, 0.1) is 10.5 Å². The standard InChI is InChI=1S/C14H19F3N4O3.ClH/c1-13(2,18)8-20-12(22)5-6-19-10-4-3-9(14(15,16)17)7-11(10)21(23)24;/h3-4,7,19H,5-6,8,18H2,1-2H3,(H,20,22);1H. The summed E-state index contributed by atoms with van der Waals surface area (Å²) >= 11 is 0. The second kappa shape index (κ2) is 8.86. The summed E-state index contributed by atoms with van der Waals surface area (Å²) in [6.45, 7) is 3.75. The zero-order valence-corrected chi connectivity index (χ0v) is 14.5. The van der Waals surface area contributed by atoms with Crippen LogP contribution in [0.2, 0.25) is 0 Å². The number of nitro benzene ring substituents is 1.